The molecule has 0 radical (unpaired) electrons. The molecule has 4 aromatic rings. The van der Waals surface area contributed by atoms with E-state index in [4.69, 9.17) is 18.7 Å². The van der Waals surface area contributed by atoms with Crippen LogP contribution in [0.5, 0.6) is 17.2 Å². The van der Waals surface area contributed by atoms with Crippen LogP contribution >= 0.6 is 0 Å². The summed E-state index contributed by atoms with van der Waals surface area (Å²) in [6, 6.07) is 9.46. The lowest BCUT2D eigenvalue weighted by Gasteiger charge is -2.12. The third-order valence-corrected chi connectivity index (χ3v) is 4.56. The van der Waals surface area contributed by atoms with Gasteiger partial charge in [-0.15, -0.1) is 0 Å². The van der Waals surface area contributed by atoms with Crippen LogP contribution < -0.4 is 14.2 Å². The van der Waals surface area contributed by atoms with Crippen LogP contribution in [0.1, 0.15) is 6.92 Å². The molecule has 0 spiro atoms. The molecule has 4 rings (SSSR count). The first-order chi connectivity index (χ1) is 13.7. The molecule has 8 nitrogen and oxygen atoms in total. The van der Waals surface area contributed by atoms with Gasteiger partial charge in [0.05, 0.1) is 38.7 Å². The van der Waals surface area contributed by atoms with E-state index >= 15 is 0 Å². The van der Waals surface area contributed by atoms with Crippen LogP contribution in [0.2, 0.25) is 0 Å². The molecule has 2 heterocycles. The molecule has 0 aliphatic rings. The number of hydrogen-bond donors (Lipinski definition) is 0. The van der Waals surface area contributed by atoms with Crippen LogP contribution in [-0.2, 0) is 6.54 Å². The van der Waals surface area contributed by atoms with Crippen molar-refractivity contribution in [2.45, 2.75) is 13.5 Å². The Hall–Kier alpha value is -3.55. The van der Waals surface area contributed by atoms with Crippen LogP contribution in [0.3, 0.4) is 0 Å². The molecule has 2 aromatic heterocycles. The van der Waals surface area contributed by atoms with Gasteiger partial charge in [-0.3, -0.25) is 0 Å². The van der Waals surface area contributed by atoms with Gasteiger partial charge in [-0.2, -0.15) is 4.98 Å². The largest absolute Gasteiger partial charge is 0.493 e. The monoisotopic (exact) mass is 380 g/mol. The quantitative estimate of drug-likeness (QED) is 0.503. The zero-order valence-corrected chi connectivity index (χ0v) is 16.1. The number of imidazole rings is 1. The van der Waals surface area contributed by atoms with E-state index in [9.17, 15) is 0 Å². The minimum atomic E-state index is 0.355. The summed E-state index contributed by atoms with van der Waals surface area (Å²) < 4.78 is 23.7. The number of methoxy groups -OCH3 is 3. The lowest BCUT2D eigenvalue weighted by atomic mass is 10.1. The molecule has 0 unspecified atom stereocenters. The number of benzene rings is 2. The van der Waals surface area contributed by atoms with Gasteiger partial charge in [-0.05, 0) is 37.3 Å². The zero-order chi connectivity index (χ0) is 19.7. The van der Waals surface area contributed by atoms with Crippen LogP contribution in [0, 0.1) is 0 Å². The lowest BCUT2D eigenvalue weighted by molar-refractivity contribution is 0.324. The molecule has 0 saturated heterocycles. The van der Waals surface area contributed by atoms with Crippen LogP contribution in [0.15, 0.2) is 41.2 Å². The Morgan fingerprint density at radius 2 is 1.71 bits per heavy atom. The van der Waals surface area contributed by atoms with Crippen LogP contribution in [-0.4, -0.2) is 41.0 Å². The van der Waals surface area contributed by atoms with Gasteiger partial charge in [0, 0.05) is 17.7 Å². The van der Waals surface area contributed by atoms with Gasteiger partial charge >= 0.3 is 0 Å². The fraction of sp³-hybridized carbons (Fsp3) is 0.250. The Balaban J connectivity index is 1.73. The number of fused-ring (bicyclic) bond motifs is 1. The average Bonchev–Trinajstić information content (AvgIpc) is 3.39. The van der Waals surface area contributed by atoms with Crippen LogP contribution in [0.25, 0.3) is 33.9 Å². The summed E-state index contributed by atoms with van der Waals surface area (Å²) in [4.78, 5) is 8.96. The third kappa shape index (κ3) is 2.92. The molecule has 144 valence electrons. The van der Waals surface area contributed by atoms with E-state index in [2.05, 4.69) is 26.6 Å². The Bertz CT molecular complexity index is 1110. The van der Waals surface area contributed by atoms with E-state index < -0.39 is 0 Å². The van der Waals surface area contributed by atoms with E-state index in [0.717, 1.165) is 23.1 Å². The van der Waals surface area contributed by atoms with E-state index in [0.29, 0.717) is 34.5 Å². The molecule has 0 saturated carbocycles. The third-order valence-electron chi connectivity index (χ3n) is 4.56. The summed E-state index contributed by atoms with van der Waals surface area (Å²) in [5, 5.41) is 4.12. The second-order valence-corrected chi connectivity index (χ2v) is 6.07. The van der Waals surface area contributed by atoms with Crippen molar-refractivity contribution < 1.29 is 18.7 Å². The number of nitrogens with zero attached hydrogens (tertiary/aromatic N) is 4. The topological polar surface area (TPSA) is 84.4 Å². The first-order valence-corrected chi connectivity index (χ1v) is 8.77. The molecule has 0 atom stereocenters. The normalized spacial score (nSPS) is 11.0. The molecule has 0 bridgehead atoms. The number of rotatable bonds is 6. The van der Waals surface area contributed by atoms with Crippen LogP contribution in [0.4, 0.5) is 0 Å². The maximum absolute atomic E-state index is 5.48. The fourth-order valence-electron chi connectivity index (χ4n) is 3.12. The fourth-order valence-corrected chi connectivity index (χ4v) is 3.12. The second kappa shape index (κ2) is 7.22. The molecular formula is C20H20N4O4. The Morgan fingerprint density at radius 3 is 2.36 bits per heavy atom. The van der Waals surface area contributed by atoms with Crippen molar-refractivity contribution in [2.75, 3.05) is 21.3 Å². The minimum absolute atomic E-state index is 0.355. The highest BCUT2D eigenvalue weighted by molar-refractivity contribution is 5.81. The summed E-state index contributed by atoms with van der Waals surface area (Å²) in [6.07, 6.45) is 1.83. The lowest BCUT2D eigenvalue weighted by Crippen LogP contribution is -1.95. The standard InChI is InChI=1S/C20H20N4O4/c1-5-24-11-21-14-8-12(6-7-15(14)24)19-22-20(28-23-19)13-9-16(25-2)18(27-4)17(10-13)26-3/h6-11H,5H2,1-4H3. The number of aryl methyl sites for hydroxylation is 1. The van der Waals surface area contributed by atoms with E-state index in [-0.39, 0.29) is 0 Å². The molecule has 0 aliphatic heterocycles. The van der Waals surface area contributed by atoms with E-state index in [1.807, 2.05) is 24.5 Å². The summed E-state index contributed by atoms with van der Waals surface area (Å²) in [5.74, 6) is 2.38. The van der Waals surface area contributed by atoms with Crippen molar-refractivity contribution in [2.24, 2.45) is 0 Å². The molecule has 0 amide bonds. The molecule has 8 heteroatoms. The maximum atomic E-state index is 5.48. The van der Waals surface area contributed by atoms with Gasteiger partial charge < -0.3 is 23.3 Å². The highest BCUT2D eigenvalue weighted by atomic mass is 16.5. The van der Waals surface area contributed by atoms with Crippen molar-refractivity contribution in [3.63, 3.8) is 0 Å². The smallest absolute Gasteiger partial charge is 0.258 e. The summed E-state index contributed by atoms with van der Waals surface area (Å²) in [6.45, 7) is 2.95. The van der Waals surface area contributed by atoms with Gasteiger partial charge in [0.2, 0.25) is 11.6 Å². The van der Waals surface area contributed by atoms with Gasteiger partial charge in [-0.1, -0.05) is 5.16 Å². The predicted molar refractivity (Wildman–Crippen MR) is 104 cm³/mol. The molecule has 0 fully saturated rings. The Morgan fingerprint density at radius 1 is 0.964 bits per heavy atom. The van der Waals surface area contributed by atoms with Gasteiger partial charge in [0.25, 0.3) is 5.89 Å². The van der Waals surface area contributed by atoms with Crippen molar-refractivity contribution in [1.82, 2.24) is 19.7 Å². The van der Waals surface area contributed by atoms with Gasteiger partial charge in [0.1, 0.15) is 0 Å². The van der Waals surface area contributed by atoms with Crippen molar-refractivity contribution in [3.05, 3.63) is 36.7 Å². The zero-order valence-electron chi connectivity index (χ0n) is 16.1. The maximum Gasteiger partial charge on any atom is 0.258 e. The Labute approximate surface area is 161 Å². The highest BCUT2D eigenvalue weighted by Gasteiger charge is 2.18. The number of hydrogen-bond acceptors (Lipinski definition) is 7. The molecule has 28 heavy (non-hydrogen) atoms. The van der Waals surface area contributed by atoms with Crippen molar-refractivity contribution in [3.8, 4) is 40.1 Å². The first-order valence-electron chi connectivity index (χ1n) is 8.77. The van der Waals surface area contributed by atoms with Crippen molar-refractivity contribution in [1.29, 1.82) is 0 Å². The summed E-state index contributed by atoms with van der Waals surface area (Å²) in [7, 11) is 4.68. The Kier molecular flexibility index (Phi) is 4.60. The molecule has 0 aliphatic carbocycles. The van der Waals surface area contributed by atoms with Gasteiger partial charge in [0.15, 0.2) is 11.5 Å². The SMILES string of the molecule is CCn1cnc2cc(-c3noc(-c4cc(OC)c(OC)c(OC)c4)n3)ccc21. The molecule has 2 aromatic carbocycles. The second-order valence-electron chi connectivity index (χ2n) is 6.07. The number of ether oxygens (including phenoxy) is 3. The summed E-state index contributed by atoms with van der Waals surface area (Å²) >= 11 is 0. The van der Waals surface area contributed by atoms with Gasteiger partial charge in [-0.25, -0.2) is 4.98 Å². The number of aromatic nitrogens is 4. The highest BCUT2D eigenvalue weighted by Crippen LogP contribution is 2.41. The first kappa shape index (κ1) is 17.8. The van der Waals surface area contributed by atoms with Crippen molar-refractivity contribution >= 4 is 11.0 Å². The summed E-state index contributed by atoms with van der Waals surface area (Å²) in [5.41, 5.74) is 3.46. The van der Waals surface area contributed by atoms with E-state index in [1.165, 1.54) is 0 Å². The average molecular weight is 380 g/mol. The molecular weight excluding hydrogens is 360 g/mol. The minimum Gasteiger partial charge on any atom is -0.493 e. The van der Waals surface area contributed by atoms with E-state index in [1.54, 1.807) is 33.5 Å². The predicted octanol–water partition coefficient (Wildman–Crippen LogP) is 3.80. The molecule has 0 N–H and O–H groups in total.